The Morgan fingerprint density at radius 1 is 0.892 bits per heavy atom. The molecule has 1 heterocycles. The zero-order valence-corrected chi connectivity index (χ0v) is 22.0. The maximum Gasteiger partial charge on any atom is 0.147 e. The van der Waals surface area contributed by atoms with Crippen molar-refractivity contribution in [1.82, 2.24) is 0 Å². The summed E-state index contributed by atoms with van der Waals surface area (Å²) in [6, 6.07) is 18.4. The van der Waals surface area contributed by atoms with Crippen molar-refractivity contribution in [1.29, 1.82) is 0 Å². The van der Waals surface area contributed by atoms with Crippen LogP contribution in [0.25, 0.3) is 11.1 Å². The Kier molecular flexibility index (Phi) is 7.84. The van der Waals surface area contributed by atoms with Gasteiger partial charge in [-0.15, -0.1) is 0 Å². The van der Waals surface area contributed by atoms with Gasteiger partial charge in [0.2, 0.25) is 0 Å². The lowest BCUT2D eigenvalue weighted by atomic mass is 9.90. The Labute approximate surface area is 220 Å². The first kappa shape index (κ1) is 25.0. The van der Waals surface area contributed by atoms with Crippen LogP contribution in [0, 0.1) is 12.8 Å². The molecule has 37 heavy (non-hydrogen) atoms. The monoisotopic (exact) mass is 495 g/mol. The van der Waals surface area contributed by atoms with Gasteiger partial charge in [-0.3, -0.25) is 0 Å². The molecule has 4 heteroatoms. The molecule has 1 aliphatic heterocycles. The third-order valence-corrected chi connectivity index (χ3v) is 7.49. The number of nitrogens with zero attached hydrogens (tertiary/aromatic N) is 1. The van der Waals surface area contributed by atoms with Crippen molar-refractivity contribution in [3.05, 3.63) is 90.0 Å². The number of phenols is 1. The summed E-state index contributed by atoms with van der Waals surface area (Å²) in [4.78, 5) is 2.20. The van der Waals surface area contributed by atoms with Crippen LogP contribution >= 0.6 is 0 Å². The highest BCUT2D eigenvalue weighted by Gasteiger charge is 2.22. The topological polar surface area (TPSA) is 41.9 Å². The number of para-hydroxylation sites is 1. The summed E-state index contributed by atoms with van der Waals surface area (Å²) in [5.41, 5.74) is 5.80. The largest absolute Gasteiger partial charge is 0.505 e. The maximum absolute atomic E-state index is 11.8. The summed E-state index contributed by atoms with van der Waals surface area (Å²) in [5, 5.41) is 11.8. The summed E-state index contributed by atoms with van der Waals surface area (Å²) < 4.78 is 12.0. The van der Waals surface area contributed by atoms with E-state index in [1.165, 1.54) is 37.7 Å². The molecule has 3 aromatic rings. The van der Waals surface area contributed by atoms with Gasteiger partial charge in [0.25, 0.3) is 0 Å². The molecule has 0 amide bonds. The first-order valence-electron chi connectivity index (χ1n) is 13.5. The van der Waals surface area contributed by atoms with Crippen LogP contribution < -0.4 is 14.4 Å². The van der Waals surface area contributed by atoms with Crippen LogP contribution in [0.15, 0.2) is 78.9 Å². The molecule has 192 valence electrons. The van der Waals surface area contributed by atoms with Gasteiger partial charge in [-0.1, -0.05) is 61.8 Å². The molecule has 0 atom stereocenters. The SMILES string of the molecule is COc1ccc(OCC2CCCCC2)c(-c2cc(C)cc(N3C/C=C\C=C/Cc4ccccc43)c2O)c1. The Morgan fingerprint density at radius 2 is 1.70 bits per heavy atom. The molecule has 0 saturated heterocycles. The average molecular weight is 496 g/mol. The molecule has 1 saturated carbocycles. The van der Waals surface area contributed by atoms with Gasteiger partial charge in [0, 0.05) is 23.4 Å². The fourth-order valence-corrected chi connectivity index (χ4v) is 5.50. The number of hydrogen-bond acceptors (Lipinski definition) is 4. The normalized spacial score (nSPS) is 17.7. The Morgan fingerprint density at radius 3 is 2.54 bits per heavy atom. The van der Waals surface area contributed by atoms with Crippen molar-refractivity contribution >= 4 is 11.4 Å². The van der Waals surface area contributed by atoms with Crippen molar-refractivity contribution in [2.75, 3.05) is 25.2 Å². The minimum atomic E-state index is 0.247. The second-order valence-corrected chi connectivity index (χ2v) is 10.2. The quantitative estimate of drug-likeness (QED) is 0.375. The van der Waals surface area contributed by atoms with Gasteiger partial charge in [-0.2, -0.15) is 0 Å². The van der Waals surface area contributed by atoms with Gasteiger partial charge < -0.3 is 19.5 Å². The summed E-state index contributed by atoms with van der Waals surface area (Å²) in [6.07, 6.45) is 15.7. The van der Waals surface area contributed by atoms with E-state index in [9.17, 15) is 5.11 Å². The number of rotatable bonds is 6. The number of allylic oxidation sites excluding steroid dienone is 3. The van der Waals surface area contributed by atoms with Crippen LogP contribution in [0.4, 0.5) is 11.4 Å². The van der Waals surface area contributed by atoms with E-state index in [2.05, 4.69) is 66.5 Å². The summed E-state index contributed by atoms with van der Waals surface area (Å²) in [7, 11) is 1.67. The smallest absolute Gasteiger partial charge is 0.147 e. The van der Waals surface area contributed by atoms with Crippen molar-refractivity contribution in [3.8, 4) is 28.4 Å². The maximum atomic E-state index is 11.8. The van der Waals surface area contributed by atoms with Gasteiger partial charge in [-0.05, 0) is 79.6 Å². The molecule has 0 spiro atoms. The van der Waals surface area contributed by atoms with Crippen molar-refractivity contribution in [2.24, 2.45) is 5.92 Å². The van der Waals surface area contributed by atoms with Crippen LogP contribution in [-0.4, -0.2) is 25.4 Å². The fraction of sp³-hybridized carbons (Fsp3) is 0.333. The Bertz CT molecular complexity index is 1290. The predicted molar refractivity (Wildman–Crippen MR) is 152 cm³/mol. The first-order chi connectivity index (χ1) is 18.1. The number of benzene rings is 3. The number of aromatic hydroxyl groups is 1. The third kappa shape index (κ3) is 5.69. The van der Waals surface area contributed by atoms with Crippen molar-refractivity contribution in [3.63, 3.8) is 0 Å². The van der Waals surface area contributed by atoms with Crippen LogP contribution in [0.1, 0.15) is 43.2 Å². The molecule has 0 bridgehead atoms. The number of phenolic OH excluding ortho intramolecular Hbond substituents is 1. The molecule has 2 aliphatic rings. The molecule has 4 nitrogen and oxygen atoms in total. The second-order valence-electron chi connectivity index (χ2n) is 10.2. The molecule has 0 aromatic heterocycles. The molecule has 1 fully saturated rings. The third-order valence-electron chi connectivity index (χ3n) is 7.49. The lowest BCUT2D eigenvalue weighted by Gasteiger charge is -2.28. The first-order valence-corrected chi connectivity index (χ1v) is 13.5. The summed E-state index contributed by atoms with van der Waals surface area (Å²) >= 11 is 0. The highest BCUT2D eigenvalue weighted by Crippen LogP contribution is 2.46. The Balaban J connectivity index is 1.57. The minimum Gasteiger partial charge on any atom is -0.505 e. The number of fused-ring (bicyclic) bond motifs is 1. The number of anilines is 2. The van der Waals surface area contributed by atoms with Gasteiger partial charge in [0.1, 0.15) is 17.2 Å². The van der Waals surface area contributed by atoms with Gasteiger partial charge in [-0.25, -0.2) is 0 Å². The van der Waals surface area contributed by atoms with Gasteiger partial charge in [0.15, 0.2) is 0 Å². The van der Waals surface area contributed by atoms with E-state index in [1.807, 2.05) is 24.3 Å². The van der Waals surface area contributed by atoms with Crippen LogP contribution in [0.2, 0.25) is 0 Å². The highest BCUT2D eigenvalue weighted by molar-refractivity contribution is 5.85. The van der Waals surface area contributed by atoms with E-state index in [1.54, 1.807) is 7.11 Å². The molecule has 5 rings (SSSR count). The molecule has 0 radical (unpaired) electrons. The van der Waals surface area contributed by atoms with Gasteiger partial charge in [0.05, 0.1) is 19.4 Å². The molecule has 0 unspecified atom stereocenters. The highest BCUT2D eigenvalue weighted by atomic mass is 16.5. The number of aryl methyl sites for hydroxylation is 1. The lowest BCUT2D eigenvalue weighted by molar-refractivity contribution is 0.209. The van der Waals surface area contributed by atoms with E-state index in [-0.39, 0.29) is 5.75 Å². The summed E-state index contributed by atoms with van der Waals surface area (Å²) in [5.74, 6) is 2.36. The van der Waals surface area contributed by atoms with Crippen LogP contribution in [-0.2, 0) is 6.42 Å². The molecule has 1 aliphatic carbocycles. The predicted octanol–water partition coefficient (Wildman–Crippen LogP) is 8.14. The van der Waals surface area contributed by atoms with E-state index in [0.29, 0.717) is 19.1 Å². The lowest BCUT2D eigenvalue weighted by Crippen LogP contribution is -2.19. The molecular formula is C33H37NO3. The molecular weight excluding hydrogens is 458 g/mol. The van der Waals surface area contributed by atoms with Crippen molar-refractivity contribution in [2.45, 2.75) is 45.4 Å². The standard InChI is InChI=1S/C33H37NO3/c1-24-20-29(28-22-27(36-2)17-18-32(28)37-23-25-12-6-5-7-13-25)33(35)31(21-24)34-19-11-4-3-8-14-26-15-9-10-16-30(26)34/h3-4,8-11,15-18,20-22,25,35H,5-7,12-14,19,23H2,1-2H3/b8-3-,11-4-. The fourth-order valence-electron chi connectivity index (χ4n) is 5.50. The number of ether oxygens (including phenoxy) is 2. The zero-order valence-electron chi connectivity index (χ0n) is 22.0. The average Bonchev–Trinajstić information content (AvgIpc) is 3.04. The minimum absolute atomic E-state index is 0.247. The summed E-state index contributed by atoms with van der Waals surface area (Å²) in [6.45, 7) is 3.44. The molecule has 1 N–H and O–H groups in total. The zero-order chi connectivity index (χ0) is 25.6. The number of hydrogen-bond donors (Lipinski definition) is 1. The Hall–Kier alpha value is -3.66. The van der Waals surface area contributed by atoms with Crippen LogP contribution in [0.3, 0.4) is 0 Å². The molecule has 3 aromatic carbocycles. The van der Waals surface area contributed by atoms with E-state index >= 15 is 0 Å². The number of methoxy groups -OCH3 is 1. The van der Waals surface area contributed by atoms with Gasteiger partial charge >= 0.3 is 0 Å². The van der Waals surface area contributed by atoms with Crippen LogP contribution in [0.5, 0.6) is 17.2 Å². The second kappa shape index (κ2) is 11.6. The van der Waals surface area contributed by atoms with E-state index in [4.69, 9.17) is 9.47 Å². The van der Waals surface area contributed by atoms with E-state index in [0.717, 1.165) is 46.0 Å². The van der Waals surface area contributed by atoms with Crippen molar-refractivity contribution < 1.29 is 14.6 Å². The van der Waals surface area contributed by atoms with E-state index < -0.39 is 0 Å².